The first-order chi connectivity index (χ1) is 10.1. The van der Waals surface area contributed by atoms with Gasteiger partial charge in [0, 0.05) is 25.7 Å². The third-order valence-corrected chi connectivity index (χ3v) is 4.78. The van der Waals surface area contributed by atoms with Gasteiger partial charge in [-0.25, -0.2) is 0 Å². The van der Waals surface area contributed by atoms with E-state index in [1.54, 1.807) is 12.1 Å². The van der Waals surface area contributed by atoms with E-state index in [4.69, 9.17) is 5.73 Å². The van der Waals surface area contributed by atoms with Crippen molar-refractivity contribution in [3.8, 4) is 5.75 Å². The van der Waals surface area contributed by atoms with Crippen LogP contribution in [0, 0.1) is 11.8 Å². The molecule has 2 N–H and O–H groups in total. The molecule has 3 atom stereocenters. The first kappa shape index (κ1) is 17.4. The predicted molar refractivity (Wildman–Crippen MR) is 84.4 cm³/mol. The molecule has 1 saturated heterocycles. The molecule has 2 fully saturated rings. The van der Waals surface area contributed by atoms with Gasteiger partial charge >= 0.3 is 6.61 Å². The number of likely N-dealkylation sites (tertiary alicyclic amines) is 1. The number of hydrogen-bond donors (Lipinski definition) is 1. The van der Waals surface area contributed by atoms with Gasteiger partial charge in [-0.05, 0) is 42.4 Å². The lowest BCUT2D eigenvalue weighted by Gasteiger charge is -2.29. The number of nitrogens with zero attached hydrogens (tertiary/aromatic N) is 1. The van der Waals surface area contributed by atoms with Crippen LogP contribution >= 0.6 is 12.4 Å². The Kier molecular flexibility index (Phi) is 6.01. The van der Waals surface area contributed by atoms with Gasteiger partial charge in [-0.1, -0.05) is 18.6 Å². The fourth-order valence-corrected chi connectivity index (χ4v) is 3.77. The van der Waals surface area contributed by atoms with Crippen molar-refractivity contribution in [1.29, 1.82) is 0 Å². The number of benzene rings is 1. The molecule has 3 nitrogen and oxygen atoms in total. The Bertz CT molecular complexity index is 472. The second-order valence-electron chi connectivity index (χ2n) is 6.24. The highest BCUT2D eigenvalue weighted by molar-refractivity contribution is 5.85. The van der Waals surface area contributed by atoms with Crippen LogP contribution in [0.5, 0.6) is 5.75 Å². The Labute approximate surface area is 136 Å². The number of fused-ring (bicyclic) bond motifs is 1. The van der Waals surface area contributed by atoms with Crippen LogP contribution in [0.25, 0.3) is 0 Å². The van der Waals surface area contributed by atoms with Gasteiger partial charge in [0.15, 0.2) is 0 Å². The minimum atomic E-state index is -2.76. The average molecular weight is 333 g/mol. The quantitative estimate of drug-likeness (QED) is 0.919. The zero-order valence-corrected chi connectivity index (χ0v) is 13.3. The lowest BCUT2D eigenvalue weighted by atomic mass is 9.78. The molecule has 1 saturated carbocycles. The van der Waals surface area contributed by atoms with Gasteiger partial charge in [0.1, 0.15) is 5.75 Å². The number of nitrogens with two attached hydrogens (primary N) is 1. The zero-order chi connectivity index (χ0) is 14.8. The minimum Gasteiger partial charge on any atom is -0.435 e. The smallest absolute Gasteiger partial charge is 0.387 e. The van der Waals surface area contributed by atoms with E-state index in [2.05, 4.69) is 9.64 Å². The molecule has 0 spiro atoms. The number of alkyl halides is 2. The van der Waals surface area contributed by atoms with Crippen molar-refractivity contribution in [2.24, 2.45) is 17.6 Å². The second-order valence-corrected chi connectivity index (χ2v) is 6.24. The number of halogens is 3. The lowest BCUT2D eigenvalue weighted by molar-refractivity contribution is -0.0498. The summed E-state index contributed by atoms with van der Waals surface area (Å²) in [4.78, 5) is 2.43. The predicted octanol–water partition coefficient (Wildman–Crippen LogP) is 3.27. The van der Waals surface area contributed by atoms with Crippen LogP contribution < -0.4 is 10.5 Å². The Morgan fingerprint density at radius 1 is 1.18 bits per heavy atom. The molecule has 0 radical (unpaired) electrons. The zero-order valence-electron chi connectivity index (χ0n) is 12.5. The first-order valence-corrected chi connectivity index (χ1v) is 7.63. The highest BCUT2D eigenvalue weighted by atomic mass is 35.5. The molecule has 1 aliphatic carbocycles. The van der Waals surface area contributed by atoms with E-state index < -0.39 is 6.61 Å². The Balaban J connectivity index is 0.00000176. The standard InChI is InChI=1S/C16H22F2N2O.ClH/c17-16(18)21-13-6-4-11(5-7-13)8-20-9-12-2-1-3-15(19)14(12)10-20;/h4-7,12,14-16H,1-3,8-10,19H2;1H. The van der Waals surface area contributed by atoms with E-state index in [1.807, 2.05) is 12.1 Å². The van der Waals surface area contributed by atoms with Gasteiger partial charge in [-0.15, -0.1) is 12.4 Å². The summed E-state index contributed by atoms with van der Waals surface area (Å²) in [6.45, 7) is 0.253. The third-order valence-electron chi connectivity index (χ3n) is 4.78. The summed E-state index contributed by atoms with van der Waals surface area (Å²) in [5.41, 5.74) is 7.36. The molecule has 0 bridgehead atoms. The van der Waals surface area contributed by atoms with Crippen LogP contribution in [0.4, 0.5) is 8.78 Å². The molecule has 0 aromatic heterocycles. The highest BCUT2D eigenvalue weighted by Gasteiger charge is 2.38. The number of ether oxygens (including phenoxy) is 1. The van der Waals surface area contributed by atoms with Crippen molar-refractivity contribution < 1.29 is 13.5 Å². The van der Waals surface area contributed by atoms with Crippen molar-refractivity contribution in [3.05, 3.63) is 29.8 Å². The van der Waals surface area contributed by atoms with Crippen LogP contribution in [0.2, 0.25) is 0 Å². The number of hydrogen-bond acceptors (Lipinski definition) is 3. The summed E-state index contributed by atoms with van der Waals surface area (Å²) in [5, 5.41) is 0. The molecule has 0 amide bonds. The molecular weight excluding hydrogens is 310 g/mol. The molecule has 22 heavy (non-hydrogen) atoms. The van der Waals surface area contributed by atoms with Crippen molar-refractivity contribution in [1.82, 2.24) is 4.90 Å². The van der Waals surface area contributed by atoms with Gasteiger partial charge < -0.3 is 10.5 Å². The summed E-state index contributed by atoms with van der Waals surface area (Å²) < 4.78 is 28.6. The maximum Gasteiger partial charge on any atom is 0.387 e. The molecule has 3 unspecified atom stereocenters. The number of rotatable bonds is 4. The Morgan fingerprint density at radius 3 is 2.55 bits per heavy atom. The molecule has 1 aromatic carbocycles. The summed E-state index contributed by atoms with van der Waals surface area (Å²) in [7, 11) is 0. The van der Waals surface area contributed by atoms with Crippen LogP contribution in [-0.2, 0) is 6.54 Å². The lowest BCUT2D eigenvalue weighted by Crippen LogP contribution is -2.38. The first-order valence-electron chi connectivity index (χ1n) is 7.63. The summed E-state index contributed by atoms with van der Waals surface area (Å²) >= 11 is 0. The monoisotopic (exact) mass is 332 g/mol. The van der Waals surface area contributed by atoms with E-state index in [0.29, 0.717) is 12.0 Å². The fraction of sp³-hybridized carbons (Fsp3) is 0.625. The normalized spacial score (nSPS) is 28.3. The van der Waals surface area contributed by atoms with E-state index in [9.17, 15) is 8.78 Å². The molecular formula is C16H23ClF2N2O. The van der Waals surface area contributed by atoms with Crippen molar-refractivity contribution in [3.63, 3.8) is 0 Å². The van der Waals surface area contributed by atoms with Crippen LogP contribution in [0.15, 0.2) is 24.3 Å². The minimum absolute atomic E-state index is 0. The molecule has 6 heteroatoms. The summed E-state index contributed by atoms with van der Waals surface area (Å²) in [5.74, 6) is 1.57. The summed E-state index contributed by atoms with van der Waals surface area (Å²) in [6, 6.07) is 7.28. The maximum atomic E-state index is 12.1. The molecule has 3 rings (SSSR count). The topological polar surface area (TPSA) is 38.5 Å². The van der Waals surface area contributed by atoms with Crippen molar-refractivity contribution in [2.75, 3.05) is 13.1 Å². The molecule has 1 aliphatic heterocycles. The third kappa shape index (κ3) is 4.09. The van der Waals surface area contributed by atoms with E-state index in [1.165, 1.54) is 12.8 Å². The fourth-order valence-electron chi connectivity index (χ4n) is 3.77. The van der Waals surface area contributed by atoms with Crippen LogP contribution in [0.1, 0.15) is 24.8 Å². The van der Waals surface area contributed by atoms with Gasteiger partial charge in [0.2, 0.25) is 0 Å². The highest BCUT2D eigenvalue weighted by Crippen LogP contribution is 2.36. The van der Waals surface area contributed by atoms with Crippen LogP contribution in [-0.4, -0.2) is 30.6 Å². The maximum absolute atomic E-state index is 12.1. The largest absolute Gasteiger partial charge is 0.435 e. The van der Waals surface area contributed by atoms with Gasteiger partial charge in [-0.3, -0.25) is 4.90 Å². The molecule has 1 heterocycles. The van der Waals surface area contributed by atoms with Gasteiger partial charge in [0.05, 0.1) is 0 Å². The average Bonchev–Trinajstić information content (AvgIpc) is 2.84. The SMILES string of the molecule is Cl.NC1CCCC2CN(Cc3ccc(OC(F)F)cc3)CC12. The van der Waals surface area contributed by atoms with Crippen molar-refractivity contribution in [2.45, 2.75) is 38.5 Å². The van der Waals surface area contributed by atoms with Crippen LogP contribution in [0.3, 0.4) is 0 Å². The summed E-state index contributed by atoms with van der Waals surface area (Å²) in [6.07, 6.45) is 3.68. The molecule has 1 aromatic rings. The van der Waals surface area contributed by atoms with E-state index >= 15 is 0 Å². The van der Waals surface area contributed by atoms with Crippen molar-refractivity contribution >= 4 is 12.4 Å². The van der Waals surface area contributed by atoms with E-state index in [-0.39, 0.29) is 18.2 Å². The van der Waals surface area contributed by atoms with Gasteiger partial charge in [-0.2, -0.15) is 8.78 Å². The Hall–Kier alpha value is -0.910. The second kappa shape index (κ2) is 7.57. The molecule has 2 aliphatic rings. The van der Waals surface area contributed by atoms with Gasteiger partial charge in [0.25, 0.3) is 0 Å². The Morgan fingerprint density at radius 2 is 1.91 bits per heavy atom. The van der Waals surface area contributed by atoms with E-state index in [0.717, 1.165) is 37.5 Å². The molecule has 124 valence electrons.